The van der Waals surface area contributed by atoms with Gasteiger partial charge in [0.1, 0.15) is 5.82 Å². The second-order valence-electron chi connectivity index (χ2n) is 4.71. The van der Waals surface area contributed by atoms with Crippen molar-refractivity contribution in [3.8, 4) is 0 Å². The summed E-state index contributed by atoms with van der Waals surface area (Å²) in [6, 6.07) is 4.51. The molecule has 1 amide bonds. The van der Waals surface area contributed by atoms with Crippen molar-refractivity contribution in [2.24, 2.45) is 0 Å². The molecule has 0 heterocycles. The fraction of sp³-hybridized carbons (Fsp3) is 0.533. The second-order valence-corrected chi connectivity index (χ2v) is 4.71. The van der Waals surface area contributed by atoms with E-state index >= 15 is 0 Å². The topological polar surface area (TPSA) is 40.5 Å². The zero-order valence-electron chi connectivity index (χ0n) is 11.7. The summed E-state index contributed by atoms with van der Waals surface area (Å²) >= 11 is 0. The van der Waals surface area contributed by atoms with Gasteiger partial charge in [0, 0.05) is 13.1 Å². The van der Waals surface area contributed by atoms with Crippen molar-refractivity contribution < 1.29 is 14.3 Å². The monoisotopic (exact) mass is 267 g/mol. The van der Waals surface area contributed by atoms with Crippen LogP contribution in [0.3, 0.4) is 0 Å². The molecule has 0 unspecified atom stereocenters. The maximum absolute atomic E-state index is 13.7. The van der Waals surface area contributed by atoms with Gasteiger partial charge in [0.2, 0.25) is 0 Å². The van der Waals surface area contributed by atoms with E-state index in [9.17, 15) is 9.18 Å². The summed E-state index contributed by atoms with van der Waals surface area (Å²) in [5.74, 6) is -0.847. The van der Waals surface area contributed by atoms with Gasteiger partial charge < -0.3 is 10.0 Å². The molecule has 1 rings (SSSR count). The van der Waals surface area contributed by atoms with Crippen LogP contribution < -0.4 is 0 Å². The van der Waals surface area contributed by atoms with Crippen molar-refractivity contribution in [2.45, 2.75) is 33.1 Å². The lowest BCUT2D eigenvalue weighted by atomic mass is 10.1. The van der Waals surface area contributed by atoms with E-state index in [1.54, 1.807) is 12.1 Å². The summed E-state index contributed by atoms with van der Waals surface area (Å²) in [5.41, 5.74) is 0.937. The molecule has 0 fully saturated rings. The highest BCUT2D eigenvalue weighted by Gasteiger charge is 2.18. The minimum absolute atomic E-state index is 0.0879. The number of hydrogen-bond acceptors (Lipinski definition) is 2. The third-order valence-corrected chi connectivity index (χ3v) is 3.04. The summed E-state index contributed by atoms with van der Waals surface area (Å²) < 4.78 is 13.7. The number of halogens is 1. The third-order valence-electron chi connectivity index (χ3n) is 3.04. The molecule has 0 aliphatic rings. The lowest BCUT2D eigenvalue weighted by molar-refractivity contribution is 0.0714. The van der Waals surface area contributed by atoms with E-state index in [2.05, 4.69) is 6.92 Å². The fourth-order valence-corrected chi connectivity index (χ4v) is 1.96. The highest BCUT2D eigenvalue weighted by molar-refractivity contribution is 5.94. The Morgan fingerprint density at radius 2 is 2.05 bits per heavy atom. The van der Waals surface area contributed by atoms with Crippen LogP contribution in [0.5, 0.6) is 0 Å². The van der Waals surface area contributed by atoms with Gasteiger partial charge in [0.25, 0.3) is 5.91 Å². The van der Waals surface area contributed by atoms with E-state index in [0.717, 1.165) is 24.8 Å². The van der Waals surface area contributed by atoms with Crippen LogP contribution in [-0.4, -0.2) is 35.6 Å². The van der Waals surface area contributed by atoms with Crippen molar-refractivity contribution in [3.63, 3.8) is 0 Å². The number of amides is 1. The molecule has 0 saturated carbocycles. The van der Waals surface area contributed by atoms with Gasteiger partial charge in [-0.2, -0.15) is 0 Å². The molecule has 0 aliphatic heterocycles. The molecule has 1 aromatic carbocycles. The predicted octanol–water partition coefficient (Wildman–Crippen LogP) is 2.76. The van der Waals surface area contributed by atoms with Crippen LogP contribution in [0.4, 0.5) is 4.39 Å². The lowest BCUT2D eigenvalue weighted by Crippen LogP contribution is -2.35. The molecule has 3 nitrogen and oxygen atoms in total. The Balaban J connectivity index is 2.82. The van der Waals surface area contributed by atoms with E-state index in [4.69, 9.17) is 5.11 Å². The first-order valence-corrected chi connectivity index (χ1v) is 6.76. The van der Waals surface area contributed by atoms with E-state index in [0.29, 0.717) is 6.54 Å². The van der Waals surface area contributed by atoms with Gasteiger partial charge in [-0.3, -0.25) is 4.79 Å². The molecule has 0 bridgehead atoms. The number of aliphatic hydroxyl groups excluding tert-OH is 1. The number of nitrogens with zero attached hydrogens (tertiary/aromatic N) is 1. The Kier molecular flexibility index (Phi) is 6.50. The van der Waals surface area contributed by atoms with Crippen LogP contribution in [-0.2, 0) is 0 Å². The van der Waals surface area contributed by atoms with Crippen LogP contribution >= 0.6 is 0 Å². The molecule has 0 radical (unpaired) electrons. The average Bonchev–Trinajstić information content (AvgIpc) is 2.40. The Morgan fingerprint density at radius 3 is 2.68 bits per heavy atom. The maximum Gasteiger partial charge on any atom is 0.256 e. The molecule has 0 atom stereocenters. The summed E-state index contributed by atoms with van der Waals surface area (Å²) in [5, 5.41) is 9.03. The molecule has 1 aromatic rings. The van der Waals surface area contributed by atoms with E-state index in [1.165, 1.54) is 11.0 Å². The molecule has 1 N–H and O–H groups in total. The molecule has 0 aromatic heterocycles. The average molecular weight is 267 g/mol. The van der Waals surface area contributed by atoms with E-state index in [-0.39, 0.29) is 24.6 Å². The van der Waals surface area contributed by atoms with Crippen molar-refractivity contribution in [1.82, 2.24) is 4.90 Å². The zero-order chi connectivity index (χ0) is 14.3. The number of carbonyl (C=O) groups excluding carboxylic acids is 1. The quantitative estimate of drug-likeness (QED) is 0.772. The SMILES string of the molecule is CCCCCN(CCO)C(=O)c1cc(C)ccc1F. The van der Waals surface area contributed by atoms with Crippen molar-refractivity contribution in [2.75, 3.05) is 19.7 Å². The number of unbranched alkanes of at least 4 members (excludes halogenated alkanes) is 2. The molecular weight excluding hydrogens is 245 g/mol. The summed E-state index contributed by atoms with van der Waals surface area (Å²) in [4.78, 5) is 13.8. The second kappa shape index (κ2) is 7.89. The minimum atomic E-state index is -0.506. The Hall–Kier alpha value is -1.42. The van der Waals surface area contributed by atoms with Crippen LogP contribution in [0.1, 0.15) is 42.1 Å². The van der Waals surface area contributed by atoms with Crippen LogP contribution in [0.25, 0.3) is 0 Å². The summed E-state index contributed by atoms with van der Waals surface area (Å²) in [7, 11) is 0. The maximum atomic E-state index is 13.7. The number of benzene rings is 1. The van der Waals surface area contributed by atoms with E-state index < -0.39 is 5.82 Å². The van der Waals surface area contributed by atoms with Gasteiger partial charge in [-0.1, -0.05) is 31.4 Å². The Labute approximate surface area is 114 Å². The lowest BCUT2D eigenvalue weighted by Gasteiger charge is -2.22. The fourth-order valence-electron chi connectivity index (χ4n) is 1.96. The Bertz CT molecular complexity index is 421. The van der Waals surface area contributed by atoms with Gasteiger partial charge in [-0.25, -0.2) is 4.39 Å². The number of carbonyl (C=O) groups is 1. The minimum Gasteiger partial charge on any atom is -0.395 e. The van der Waals surface area contributed by atoms with Gasteiger partial charge >= 0.3 is 0 Å². The molecular formula is C15H22FNO2. The first kappa shape index (κ1) is 15.6. The zero-order valence-corrected chi connectivity index (χ0v) is 11.7. The number of hydrogen-bond donors (Lipinski definition) is 1. The van der Waals surface area contributed by atoms with Crippen molar-refractivity contribution >= 4 is 5.91 Å². The number of aryl methyl sites for hydroxylation is 1. The summed E-state index contributed by atoms with van der Waals surface area (Å²) in [6.07, 6.45) is 2.95. The molecule has 19 heavy (non-hydrogen) atoms. The molecule has 0 aliphatic carbocycles. The highest BCUT2D eigenvalue weighted by Crippen LogP contribution is 2.13. The first-order valence-electron chi connectivity index (χ1n) is 6.76. The normalized spacial score (nSPS) is 10.5. The largest absolute Gasteiger partial charge is 0.395 e. The molecule has 0 saturated heterocycles. The van der Waals surface area contributed by atoms with E-state index in [1.807, 2.05) is 6.92 Å². The first-order chi connectivity index (χ1) is 9.10. The Morgan fingerprint density at radius 1 is 1.32 bits per heavy atom. The van der Waals surface area contributed by atoms with Crippen LogP contribution in [0.2, 0.25) is 0 Å². The molecule has 4 heteroatoms. The number of aliphatic hydroxyl groups is 1. The van der Waals surface area contributed by atoms with Gasteiger partial charge in [-0.15, -0.1) is 0 Å². The smallest absolute Gasteiger partial charge is 0.256 e. The highest BCUT2D eigenvalue weighted by atomic mass is 19.1. The van der Waals surface area contributed by atoms with Crippen LogP contribution in [0.15, 0.2) is 18.2 Å². The third kappa shape index (κ3) is 4.63. The molecule has 106 valence electrons. The molecule has 0 spiro atoms. The van der Waals surface area contributed by atoms with Crippen molar-refractivity contribution in [1.29, 1.82) is 0 Å². The van der Waals surface area contributed by atoms with Gasteiger partial charge in [-0.05, 0) is 25.5 Å². The van der Waals surface area contributed by atoms with Gasteiger partial charge in [0.15, 0.2) is 0 Å². The standard InChI is InChI=1S/C15H22FNO2/c1-3-4-5-8-17(9-10-18)15(19)13-11-12(2)6-7-14(13)16/h6-7,11,18H,3-5,8-10H2,1-2H3. The number of rotatable bonds is 7. The van der Waals surface area contributed by atoms with Gasteiger partial charge in [0.05, 0.1) is 12.2 Å². The van der Waals surface area contributed by atoms with Crippen molar-refractivity contribution in [3.05, 3.63) is 35.1 Å². The summed E-state index contributed by atoms with van der Waals surface area (Å²) in [6.45, 7) is 4.60. The van der Waals surface area contributed by atoms with Crippen LogP contribution in [0, 0.1) is 12.7 Å². The predicted molar refractivity (Wildman–Crippen MR) is 73.7 cm³/mol.